The number of nitrogens with zero attached hydrogens (tertiary/aromatic N) is 1. The molecule has 1 amide bonds. The first kappa shape index (κ1) is 10.3. The summed E-state index contributed by atoms with van der Waals surface area (Å²) in [6, 6.07) is 0. The molecule has 0 radical (unpaired) electrons. The van der Waals surface area contributed by atoms with Crippen molar-refractivity contribution in [2.75, 3.05) is 19.7 Å². The third-order valence-electron chi connectivity index (χ3n) is 2.35. The fourth-order valence-corrected chi connectivity index (χ4v) is 1.49. The van der Waals surface area contributed by atoms with E-state index in [4.69, 9.17) is 5.11 Å². The van der Waals surface area contributed by atoms with Gasteiger partial charge in [-0.1, -0.05) is 13.0 Å². The van der Waals surface area contributed by atoms with E-state index in [1.807, 2.05) is 19.9 Å². The van der Waals surface area contributed by atoms with Gasteiger partial charge in [0.25, 0.3) is 0 Å². The second-order valence-corrected chi connectivity index (χ2v) is 3.55. The molecular formula is C10H17NO2. The van der Waals surface area contributed by atoms with Gasteiger partial charge in [0.05, 0.1) is 0 Å². The summed E-state index contributed by atoms with van der Waals surface area (Å²) in [5.41, 5.74) is 0.818. The van der Waals surface area contributed by atoms with E-state index < -0.39 is 0 Å². The first-order valence-corrected chi connectivity index (χ1v) is 4.76. The first-order chi connectivity index (χ1) is 6.19. The van der Waals surface area contributed by atoms with E-state index in [9.17, 15) is 4.79 Å². The van der Waals surface area contributed by atoms with Gasteiger partial charge in [-0.25, -0.2) is 0 Å². The quantitative estimate of drug-likeness (QED) is 0.657. The summed E-state index contributed by atoms with van der Waals surface area (Å²) in [6.07, 6.45) is 2.84. The summed E-state index contributed by atoms with van der Waals surface area (Å²) in [5, 5.41) is 8.77. The molecule has 1 N–H and O–H groups in total. The van der Waals surface area contributed by atoms with Crippen LogP contribution in [0, 0.1) is 5.92 Å². The summed E-state index contributed by atoms with van der Waals surface area (Å²) in [5.74, 6) is 0.421. The number of hydrogen-bond donors (Lipinski definition) is 1. The van der Waals surface area contributed by atoms with Crippen molar-refractivity contribution in [3.05, 3.63) is 11.6 Å². The van der Waals surface area contributed by atoms with Crippen LogP contribution in [-0.4, -0.2) is 35.6 Å². The fraction of sp³-hybridized carbons (Fsp3) is 0.700. The first-order valence-electron chi connectivity index (χ1n) is 4.76. The van der Waals surface area contributed by atoms with Crippen LogP contribution in [0.15, 0.2) is 11.6 Å². The van der Waals surface area contributed by atoms with E-state index in [-0.39, 0.29) is 12.5 Å². The molecule has 13 heavy (non-hydrogen) atoms. The summed E-state index contributed by atoms with van der Waals surface area (Å²) >= 11 is 0. The minimum absolute atomic E-state index is 0.117. The second-order valence-electron chi connectivity index (χ2n) is 3.55. The zero-order chi connectivity index (χ0) is 9.84. The summed E-state index contributed by atoms with van der Waals surface area (Å²) in [6.45, 7) is 5.48. The second kappa shape index (κ2) is 4.42. The van der Waals surface area contributed by atoms with Crippen LogP contribution in [0.25, 0.3) is 0 Å². The molecule has 74 valence electrons. The normalized spacial score (nSPS) is 18.7. The lowest BCUT2D eigenvalue weighted by molar-refractivity contribution is -0.134. The van der Waals surface area contributed by atoms with Crippen molar-refractivity contribution < 1.29 is 9.90 Å². The van der Waals surface area contributed by atoms with E-state index >= 15 is 0 Å². The predicted octanol–water partition coefficient (Wildman–Crippen LogP) is 0.793. The van der Waals surface area contributed by atoms with Gasteiger partial charge >= 0.3 is 0 Å². The number of aliphatic hydroxyl groups excluding tert-OH is 1. The van der Waals surface area contributed by atoms with Crippen molar-refractivity contribution in [3.8, 4) is 0 Å². The molecule has 0 unspecified atom stereocenters. The van der Waals surface area contributed by atoms with Crippen LogP contribution in [0.3, 0.4) is 0 Å². The van der Waals surface area contributed by atoms with Crippen molar-refractivity contribution in [1.82, 2.24) is 4.90 Å². The molecule has 3 heteroatoms. The van der Waals surface area contributed by atoms with Gasteiger partial charge in [0, 0.05) is 31.2 Å². The molecule has 0 aromatic carbocycles. The zero-order valence-corrected chi connectivity index (χ0v) is 8.29. The minimum atomic E-state index is 0.117. The number of likely N-dealkylation sites (tertiary alicyclic amines) is 1. The van der Waals surface area contributed by atoms with Crippen molar-refractivity contribution in [3.63, 3.8) is 0 Å². The van der Waals surface area contributed by atoms with Crippen molar-refractivity contribution in [2.45, 2.75) is 20.3 Å². The highest BCUT2D eigenvalue weighted by Gasteiger charge is 2.29. The van der Waals surface area contributed by atoms with E-state index in [1.54, 1.807) is 4.90 Å². The summed E-state index contributed by atoms with van der Waals surface area (Å²) in [4.78, 5) is 13.3. The molecule has 0 atom stereocenters. The maximum Gasteiger partial charge on any atom is 0.249 e. The minimum Gasteiger partial charge on any atom is -0.396 e. The Bertz CT molecular complexity index is 217. The largest absolute Gasteiger partial charge is 0.396 e. The molecule has 1 aliphatic rings. The lowest BCUT2D eigenvalue weighted by atomic mass is 10.00. The van der Waals surface area contributed by atoms with Gasteiger partial charge in [-0.3, -0.25) is 4.79 Å². The number of carbonyl (C=O) groups is 1. The Morgan fingerprint density at radius 2 is 2.23 bits per heavy atom. The van der Waals surface area contributed by atoms with Crippen molar-refractivity contribution >= 4 is 5.91 Å². The maximum atomic E-state index is 11.6. The van der Waals surface area contributed by atoms with Crippen LogP contribution in [0.4, 0.5) is 0 Å². The van der Waals surface area contributed by atoms with Gasteiger partial charge in [-0.15, -0.1) is 0 Å². The Morgan fingerprint density at radius 1 is 1.62 bits per heavy atom. The molecule has 1 saturated heterocycles. The average molecular weight is 183 g/mol. The highest BCUT2D eigenvalue weighted by Crippen LogP contribution is 2.17. The van der Waals surface area contributed by atoms with Crippen LogP contribution in [0.1, 0.15) is 20.3 Å². The predicted molar refractivity (Wildman–Crippen MR) is 51.2 cm³/mol. The molecule has 0 aromatic heterocycles. The molecule has 0 spiro atoms. The van der Waals surface area contributed by atoms with Gasteiger partial charge in [0.1, 0.15) is 0 Å². The molecule has 0 bridgehead atoms. The van der Waals surface area contributed by atoms with Crippen molar-refractivity contribution in [1.29, 1.82) is 0 Å². The van der Waals surface area contributed by atoms with Crippen LogP contribution < -0.4 is 0 Å². The highest BCUT2D eigenvalue weighted by molar-refractivity contribution is 5.93. The van der Waals surface area contributed by atoms with E-state index in [0.717, 1.165) is 12.0 Å². The Labute approximate surface area is 79.0 Å². The summed E-state index contributed by atoms with van der Waals surface area (Å²) in [7, 11) is 0. The van der Waals surface area contributed by atoms with E-state index in [2.05, 4.69) is 0 Å². The SMILES string of the molecule is CCC=C(C)C(=O)N1CC(CO)C1. The third-order valence-corrected chi connectivity index (χ3v) is 2.35. The third kappa shape index (κ3) is 2.31. The molecule has 3 nitrogen and oxygen atoms in total. The Kier molecular flexibility index (Phi) is 3.48. The molecule has 1 fully saturated rings. The molecular weight excluding hydrogens is 166 g/mol. The monoisotopic (exact) mass is 183 g/mol. The number of rotatable bonds is 3. The molecule has 1 aliphatic heterocycles. The van der Waals surface area contributed by atoms with E-state index in [1.165, 1.54) is 0 Å². The number of allylic oxidation sites excluding steroid dienone is 1. The number of amides is 1. The van der Waals surface area contributed by atoms with Gasteiger partial charge in [0.2, 0.25) is 5.91 Å². The Balaban J connectivity index is 2.38. The van der Waals surface area contributed by atoms with Crippen molar-refractivity contribution in [2.24, 2.45) is 5.92 Å². The number of aliphatic hydroxyl groups is 1. The number of hydrogen-bond acceptors (Lipinski definition) is 2. The van der Waals surface area contributed by atoms with Crippen LogP contribution in [0.2, 0.25) is 0 Å². The average Bonchev–Trinajstić information content (AvgIpc) is 2.02. The van der Waals surface area contributed by atoms with Gasteiger partial charge < -0.3 is 10.0 Å². The molecule has 0 aliphatic carbocycles. The molecule has 0 saturated carbocycles. The fourth-order valence-electron chi connectivity index (χ4n) is 1.49. The molecule has 1 rings (SSSR count). The van der Waals surface area contributed by atoms with Gasteiger partial charge in [0.15, 0.2) is 0 Å². The topological polar surface area (TPSA) is 40.5 Å². The van der Waals surface area contributed by atoms with E-state index in [0.29, 0.717) is 19.0 Å². The van der Waals surface area contributed by atoms with Crippen LogP contribution in [0.5, 0.6) is 0 Å². The standard InChI is InChI=1S/C10H17NO2/c1-3-4-8(2)10(13)11-5-9(6-11)7-12/h4,9,12H,3,5-7H2,1-2H3. The number of carbonyl (C=O) groups excluding carboxylic acids is 1. The lowest BCUT2D eigenvalue weighted by Crippen LogP contribution is -2.51. The van der Waals surface area contributed by atoms with Crippen LogP contribution in [-0.2, 0) is 4.79 Å². The zero-order valence-electron chi connectivity index (χ0n) is 8.29. The smallest absolute Gasteiger partial charge is 0.249 e. The maximum absolute atomic E-state index is 11.6. The lowest BCUT2D eigenvalue weighted by Gasteiger charge is -2.38. The summed E-state index contributed by atoms with van der Waals surface area (Å²) < 4.78 is 0. The van der Waals surface area contributed by atoms with Gasteiger partial charge in [-0.05, 0) is 13.3 Å². The Morgan fingerprint density at radius 3 is 2.69 bits per heavy atom. The van der Waals surface area contributed by atoms with Crippen LogP contribution >= 0.6 is 0 Å². The highest BCUT2D eigenvalue weighted by atomic mass is 16.3. The van der Waals surface area contributed by atoms with Gasteiger partial charge in [-0.2, -0.15) is 0 Å². The Hall–Kier alpha value is -0.830. The molecule has 0 aromatic rings. The molecule has 1 heterocycles.